The normalized spacial score (nSPS) is 17.9. The molecule has 0 fully saturated rings. The zero-order valence-corrected chi connectivity index (χ0v) is 12.5. The van der Waals surface area contributed by atoms with Crippen molar-refractivity contribution in [1.29, 1.82) is 0 Å². The predicted octanol–water partition coefficient (Wildman–Crippen LogP) is 4.08. The molecule has 0 heterocycles. The number of benzene rings is 2. The first-order chi connectivity index (χ1) is 10.3. The summed E-state index contributed by atoms with van der Waals surface area (Å²) in [7, 11) is 0. The SMILES string of the molecule is CCCNC(Cc1ccccc1F)C1Cc2ccccc21. The van der Waals surface area contributed by atoms with Gasteiger partial charge in [-0.1, -0.05) is 49.4 Å². The summed E-state index contributed by atoms with van der Waals surface area (Å²) in [4.78, 5) is 0. The zero-order chi connectivity index (χ0) is 14.7. The molecule has 0 aliphatic heterocycles. The number of halogens is 1. The molecular formula is C19H22FN. The monoisotopic (exact) mass is 283 g/mol. The number of fused-ring (bicyclic) bond motifs is 1. The molecule has 0 amide bonds. The predicted molar refractivity (Wildman–Crippen MR) is 85.1 cm³/mol. The first-order valence-electron chi connectivity index (χ1n) is 7.84. The molecule has 2 aromatic carbocycles. The Morgan fingerprint density at radius 3 is 2.67 bits per heavy atom. The van der Waals surface area contributed by atoms with Crippen LogP contribution in [0.25, 0.3) is 0 Å². The number of rotatable bonds is 6. The van der Waals surface area contributed by atoms with Gasteiger partial charge in [0.2, 0.25) is 0 Å². The molecule has 3 rings (SSSR count). The van der Waals surface area contributed by atoms with Crippen molar-refractivity contribution in [1.82, 2.24) is 5.32 Å². The fraction of sp³-hybridized carbons (Fsp3) is 0.368. The van der Waals surface area contributed by atoms with E-state index in [1.807, 2.05) is 12.1 Å². The van der Waals surface area contributed by atoms with Crippen LogP contribution in [-0.2, 0) is 12.8 Å². The maximum absolute atomic E-state index is 13.9. The molecule has 2 atom stereocenters. The van der Waals surface area contributed by atoms with E-state index in [1.54, 1.807) is 12.1 Å². The fourth-order valence-electron chi connectivity index (χ4n) is 3.24. The van der Waals surface area contributed by atoms with E-state index < -0.39 is 0 Å². The number of hydrogen-bond acceptors (Lipinski definition) is 1. The van der Waals surface area contributed by atoms with Gasteiger partial charge in [0, 0.05) is 12.0 Å². The van der Waals surface area contributed by atoms with Crippen LogP contribution in [0.5, 0.6) is 0 Å². The van der Waals surface area contributed by atoms with Gasteiger partial charge < -0.3 is 5.32 Å². The van der Waals surface area contributed by atoms with E-state index in [0.717, 1.165) is 31.4 Å². The summed E-state index contributed by atoms with van der Waals surface area (Å²) in [5, 5.41) is 3.62. The summed E-state index contributed by atoms with van der Waals surface area (Å²) in [5.74, 6) is 0.417. The highest BCUT2D eigenvalue weighted by atomic mass is 19.1. The van der Waals surface area contributed by atoms with Gasteiger partial charge in [0.05, 0.1) is 0 Å². The van der Waals surface area contributed by atoms with E-state index in [-0.39, 0.29) is 5.82 Å². The molecule has 1 aliphatic carbocycles. The van der Waals surface area contributed by atoms with Crippen LogP contribution in [0, 0.1) is 5.82 Å². The van der Waals surface area contributed by atoms with Crippen LogP contribution in [0.4, 0.5) is 4.39 Å². The lowest BCUT2D eigenvalue weighted by atomic mass is 9.72. The van der Waals surface area contributed by atoms with E-state index in [0.29, 0.717) is 12.0 Å². The van der Waals surface area contributed by atoms with E-state index >= 15 is 0 Å². The lowest BCUT2D eigenvalue weighted by molar-refractivity contribution is 0.393. The van der Waals surface area contributed by atoms with Gasteiger partial charge >= 0.3 is 0 Å². The van der Waals surface area contributed by atoms with Crippen molar-refractivity contribution in [3.8, 4) is 0 Å². The van der Waals surface area contributed by atoms with Gasteiger partial charge in [-0.05, 0) is 48.6 Å². The smallest absolute Gasteiger partial charge is 0.126 e. The molecule has 0 radical (unpaired) electrons. The summed E-state index contributed by atoms with van der Waals surface area (Å²) in [6, 6.07) is 16.1. The molecule has 21 heavy (non-hydrogen) atoms. The molecule has 2 unspecified atom stereocenters. The van der Waals surface area contributed by atoms with E-state index in [1.165, 1.54) is 11.1 Å². The molecule has 110 valence electrons. The molecule has 0 aromatic heterocycles. The van der Waals surface area contributed by atoms with Crippen molar-refractivity contribution >= 4 is 0 Å². The summed E-state index contributed by atoms with van der Waals surface area (Å²) in [5.41, 5.74) is 3.69. The van der Waals surface area contributed by atoms with Crippen molar-refractivity contribution in [2.45, 2.75) is 38.1 Å². The molecule has 1 N–H and O–H groups in total. The quantitative estimate of drug-likeness (QED) is 0.842. The average molecular weight is 283 g/mol. The number of hydrogen-bond donors (Lipinski definition) is 1. The minimum absolute atomic E-state index is 0.0894. The summed E-state index contributed by atoms with van der Waals surface area (Å²) in [6.45, 7) is 3.15. The Hall–Kier alpha value is -1.67. The molecule has 1 nitrogen and oxygen atoms in total. The van der Waals surface area contributed by atoms with Crippen LogP contribution >= 0.6 is 0 Å². The molecule has 2 aromatic rings. The van der Waals surface area contributed by atoms with Gasteiger partial charge in [0.15, 0.2) is 0 Å². The lowest BCUT2D eigenvalue weighted by Crippen LogP contribution is -2.42. The molecule has 0 bridgehead atoms. The molecule has 1 aliphatic rings. The highest BCUT2D eigenvalue weighted by Crippen LogP contribution is 2.38. The third kappa shape index (κ3) is 3.01. The Kier molecular flexibility index (Phi) is 4.35. The van der Waals surface area contributed by atoms with Crippen molar-refractivity contribution in [2.24, 2.45) is 0 Å². The topological polar surface area (TPSA) is 12.0 Å². The van der Waals surface area contributed by atoms with E-state index in [9.17, 15) is 4.39 Å². The van der Waals surface area contributed by atoms with Crippen LogP contribution < -0.4 is 5.32 Å². The third-order valence-corrected chi connectivity index (χ3v) is 4.43. The highest BCUT2D eigenvalue weighted by Gasteiger charge is 2.32. The van der Waals surface area contributed by atoms with Gasteiger partial charge in [-0.3, -0.25) is 0 Å². The third-order valence-electron chi connectivity index (χ3n) is 4.43. The Balaban J connectivity index is 1.78. The van der Waals surface area contributed by atoms with Crippen molar-refractivity contribution < 1.29 is 4.39 Å². The second-order valence-corrected chi connectivity index (χ2v) is 5.87. The molecular weight excluding hydrogens is 261 g/mol. The lowest BCUT2D eigenvalue weighted by Gasteiger charge is -2.37. The van der Waals surface area contributed by atoms with Gasteiger partial charge in [0.1, 0.15) is 5.82 Å². The van der Waals surface area contributed by atoms with Crippen molar-refractivity contribution in [3.05, 3.63) is 71.0 Å². The average Bonchev–Trinajstić information content (AvgIpc) is 2.48. The Morgan fingerprint density at radius 2 is 1.90 bits per heavy atom. The minimum Gasteiger partial charge on any atom is -0.313 e. The van der Waals surface area contributed by atoms with Crippen molar-refractivity contribution in [3.63, 3.8) is 0 Å². The standard InChI is InChI=1S/C19H22FN/c1-2-11-21-19(13-15-8-4-6-10-18(15)20)17-12-14-7-3-5-9-16(14)17/h3-10,17,19,21H,2,11-13H2,1H3. The molecule has 0 saturated carbocycles. The Bertz CT molecular complexity index is 608. The fourth-order valence-corrected chi connectivity index (χ4v) is 3.24. The minimum atomic E-state index is -0.0894. The van der Waals surface area contributed by atoms with Crippen LogP contribution in [0.15, 0.2) is 48.5 Å². The van der Waals surface area contributed by atoms with E-state index in [4.69, 9.17) is 0 Å². The highest BCUT2D eigenvalue weighted by molar-refractivity contribution is 5.41. The zero-order valence-electron chi connectivity index (χ0n) is 12.5. The molecule has 2 heteroatoms. The van der Waals surface area contributed by atoms with Gasteiger partial charge in [-0.2, -0.15) is 0 Å². The van der Waals surface area contributed by atoms with Gasteiger partial charge in [0.25, 0.3) is 0 Å². The summed E-state index contributed by atoms with van der Waals surface area (Å²) in [6.07, 6.45) is 2.96. The first-order valence-corrected chi connectivity index (χ1v) is 7.84. The molecule has 0 saturated heterocycles. The number of nitrogens with one attached hydrogen (secondary N) is 1. The van der Waals surface area contributed by atoms with Crippen molar-refractivity contribution in [2.75, 3.05) is 6.54 Å². The largest absolute Gasteiger partial charge is 0.313 e. The van der Waals surface area contributed by atoms with E-state index in [2.05, 4.69) is 36.5 Å². The van der Waals surface area contributed by atoms with Crippen LogP contribution in [0.2, 0.25) is 0 Å². The summed E-state index contributed by atoms with van der Waals surface area (Å²) >= 11 is 0. The van der Waals surface area contributed by atoms with Gasteiger partial charge in [-0.25, -0.2) is 4.39 Å². The molecule has 0 spiro atoms. The van der Waals surface area contributed by atoms with Crippen LogP contribution in [0.1, 0.15) is 36.0 Å². The van der Waals surface area contributed by atoms with Gasteiger partial charge in [-0.15, -0.1) is 0 Å². The maximum atomic E-state index is 13.9. The summed E-state index contributed by atoms with van der Waals surface area (Å²) < 4.78 is 13.9. The van der Waals surface area contributed by atoms with Crippen LogP contribution in [0.3, 0.4) is 0 Å². The maximum Gasteiger partial charge on any atom is 0.126 e. The second-order valence-electron chi connectivity index (χ2n) is 5.87. The second kappa shape index (κ2) is 6.40. The Labute approximate surface area is 126 Å². The van der Waals surface area contributed by atoms with Crippen LogP contribution in [-0.4, -0.2) is 12.6 Å². The Morgan fingerprint density at radius 1 is 1.14 bits per heavy atom. The first kappa shape index (κ1) is 14.3.